The molecule has 0 radical (unpaired) electrons. The van der Waals surface area contributed by atoms with Crippen molar-refractivity contribution in [2.45, 2.75) is 32.9 Å². The second-order valence-corrected chi connectivity index (χ2v) is 5.76. The summed E-state index contributed by atoms with van der Waals surface area (Å²) in [5.74, 6) is 1.79. The summed E-state index contributed by atoms with van der Waals surface area (Å²) in [5.41, 5.74) is 1.35. The van der Waals surface area contributed by atoms with Crippen LogP contribution in [0.15, 0.2) is 24.3 Å². The van der Waals surface area contributed by atoms with Gasteiger partial charge in [0, 0.05) is 13.1 Å². The number of benzene rings is 1. The van der Waals surface area contributed by atoms with Gasteiger partial charge in [0.05, 0.1) is 6.10 Å². The average Bonchev–Trinajstić information content (AvgIpc) is 2.76. The first-order valence-electron chi connectivity index (χ1n) is 7.30. The lowest BCUT2D eigenvalue weighted by Gasteiger charge is -2.17. The Morgan fingerprint density at radius 2 is 2.26 bits per heavy atom. The van der Waals surface area contributed by atoms with Gasteiger partial charge in [0.1, 0.15) is 5.75 Å². The molecule has 1 aliphatic heterocycles. The summed E-state index contributed by atoms with van der Waals surface area (Å²) < 4.78 is 5.75. The highest BCUT2D eigenvalue weighted by atomic mass is 16.5. The molecule has 0 amide bonds. The van der Waals surface area contributed by atoms with E-state index in [0.29, 0.717) is 0 Å². The minimum absolute atomic E-state index is 0.238. The molecule has 3 heteroatoms. The van der Waals surface area contributed by atoms with Crippen LogP contribution in [0.2, 0.25) is 0 Å². The number of hydrogen-bond acceptors (Lipinski definition) is 3. The Morgan fingerprint density at radius 1 is 1.42 bits per heavy atom. The fourth-order valence-corrected chi connectivity index (χ4v) is 2.76. The highest BCUT2D eigenvalue weighted by Gasteiger charge is 2.21. The molecule has 1 aromatic carbocycles. The normalized spacial score (nSPS) is 20.1. The van der Waals surface area contributed by atoms with Crippen molar-refractivity contribution >= 4 is 0 Å². The highest BCUT2D eigenvalue weighted by molar-refractivity contribution is 5.28. The van der Waals surface area contributed by atoms with Crippen LogP contribution in [-0.2, 0) is 6.54 Å². The van der Waals surface area contributed by atoms with Gasteiger partial charge in [-0.2, -0.15) is 0 Å². The highest BCUT2D eigenvalue weighted by Crippen LogP contribution is 2.20. The molecule has 0 aromatic heterocycles. The Morgan fingerprint density at radius 3 is 3.00 bits per heavy atom. The Balaban J connectivity index is 1.89. The Bertz CT molecular complexity index is 392. The fourth-order valence-electron chi connectivity index (χ4n) is 2.76. The maximum atomic E-state index is 5.75. The third-order valence-corrected chi connectivity index (χ3v) is 3.54. The maximum absolute atomic E-state index is 5.75. The number of nitrogens with one attached hydrogen (secondary N) is 1. The van der Waals surface area contributed by atoms with Crippen LogP contribution in [0.1, 0.15) is 25.8 Å². The van der Waals surface area contributed by atoms with E-state index in [0.717, 1.165) is 24.8 Å². The van der Waals surface area contributed by atoms with Crippen molar-refractivity contribution in [1.82, 2.24) is 10.2 Å². The smallest absolute Gasteiger partial charge is 0.120 e. The predicted octanol–water partition coefficient (Wildman–Crippen LogP) is 2.52. The summed E-state index contributed by atoms with van der Waals surface area (Å²) in [6, 6.07) is 8.50. The maximum Gasteiger partial charge on any atom is 0.120 e. The number of hydrogen-bond donors (Lipinski definition) is 1. The van der Waals surface area contributed by atoms with Crippen LogP contribution in [0.4, 0.5) is 0 Å². The summed E-state index contributed by atoms with van der Waals surface area (Å²) >= 11 is 0. The van der Waals surface area contributed by atoms with Crippen LogP contribution in [0, 0.1) is 5.92 Å². The van der Waals surface area contributed by atoms with Crippen molar-refractivity contribution in [3.05, 3.63) is 29.8 Å². The first-order chi connectivity index (χ1) is 9.17. The third-order valence-electron chi connectivity index (χ3n) is 3.54. The molecule has 0 aliphatic carbocycles. The molecule has 1 saturated heterocycles. The second kappa shape index (κ2) is 6.92. The molecule has 0 spiro atoms. The second-order valence-electron chi connectivity index (χ2n) is 5.76. The summed E-state index contributed by atoms with van der Waals surface area (Å²) in [5, 5.41) is 3.28. The van der Waals surface area contributed by atoms with Crippen molar-refractivity contribution < 1.29 is 4.74 Å². The molecular weight excluding hydrogens is 236 g/mol. The molecule has 1 heterocycles. The Labute approximate surface area is 116 Å². The Kier molecular flexibility index (Phi) is 5.23. The molecule has 19 heavy (non-hydrogen) atoms. The first-order valence-corrected chi connectivity index (χ1v) is 7.30. The molecule has 1 atom stereocenters. The van der Waals surface area contributed by atoms with Gasteiger partial charge < -0.3 is 10.1 Å². The molecule has 0 saturated carbocycles. The van der Waals surface area contributed by atoms with Gasteiger partial charge in [-0.3, -0.25) is 4.90 Å². The molecule has 1 fully saturated rings. The topological polar surface area (TPSA) is 24.5 Å². The molecule has 2 rings (SSSR count). The van der Waals surface area contributed by atoms with Crippen molar-refractivity contribution in [2.24, 2.45) is 5.92 Å². The van der Waals surface area contributed by atoms with Gasteiger partial charge in [0.15, 0.2) is 0 Å². The van der Waals surface area contributed by atoms with E-state index in [-0.39, 0.29) is 6.10 Å². The lowest BCUT2D eigenvalue weighted by atomic mass is 10.1. The molecule has 1 unspecified atom stereocenters. The van der Waals surface area contributed by atoms with E-state index >= 15 is 0 Å². The van der Waals surface area contributed by atoms with Crippen LogP contribution < -0.4 is 10.1 Å². The van der Waals surface area contributed by atoms with E-state index in [9.17, 15) is 0 Å². The van der Waals surface area contributed by atoms with Crippen LogP contribution in [-0.4, -0.2) is 37.7 Å². The average molecular weight is 262 g/mol. The monoisotopic (exact) mass is 262 g/mol. The number of rotatable bonds is 6. The largest absolute Gasteiger partial charge is 0.491 e. The van der Waals surface area contributed by atoms with Crippen molar-refractivity contribution in [2.75, 3.05) is 26.7 Å². The fraction of sp³-hybridized carbons (Fsp3) is 0.625. The van der Waals surface area contributed by atoms with Gasteiger partial charge in [-0.25, -0.2) is 0 Å². The van der Waals surface area contributed by atoms with Gasteiger partial charge in [-0.1, -0.05) is 12.1 Å². The molecule has 1 aromatic rings. The Hall–Kier alpha value is -1.06. The molecule has 1 N–H and O–H groups in total. The predicted molar refractivity (Wildman–Crippen MR) is 79.5 cm³/mol. The van der Waals surface area contributed by atoms with Gasteiger partial charge >= 0.3 is 0 Å². The molecular formula is C16H26N2O. The SMILES string of the molecule is CNCC1CCN(Cc2cccc(OC(C)C)c2)C1. The molecule has 1 aliphatic rings. The zero-order valence-electron chi connectivity index (χ0n) is 12.4. The van der Waals surface area contributed by atoms with Crippen LogP contribution >= 0.6 is 0 Å². The van der Waals surface area contributed by atoms with Gasteiger partial charge in [0.25, 0.3) is 0 Å². The summed E-state index contributed by atoms with van der Waals surface area (Å²) in [4.78, 5) is 2.54. The lowest BCUT2D eigenvalue weighted by Crippen LogP contribution is -2.24. The number of ether oxygens (including phenoxy) is 1. The summed E-state index contributed by atoms with van der Waals surface area (Å²) in [7, 11) is 2.04. The molecule has 106 valence electrons. The van der Waals surface area contributed by atoms with E-state index in [2.05, 4.69) is 42.3 Å². The summed E-state index contributed by atoms with van der Waals surface area (Å²) in [6.45, 7) is 8.71. The van der Waals surface area contributed by atoms with Gasteiger partial charge in [0.2, 0.25) is 0 Å². The van der Waals surface area contributed by atoms with Crippen molar-refractivity contribution in [1.29, 1.82) is 0 Å². The summed E-state index contributed by atoms with van der Waals surface area (Å²) in [6.07, 6.45) is 1.55. The lowest BCUT2D eigenvalue weighted by molar-refractivity contribution is 0.241. The zero-order valence-corrected chi connectivity index (χ0v) is 12.4. The van der Waals surface area contributed by atoms with Crippen LogP contribution in [0.5, 0.6) is 5.75 Å². The number of nitrogens with zero attached hydrogens (tertiary/aromatic N) is 1. The quantitative estimate of drug-likeness (QED) is 0.852. The third kappa shape index (κ3) is 4.51. The number of likely N-dealkylation sites (tertiary alicyclic amines) is 1. The molecule has 0 bridgehead atoms. The van der Waals surface area contributed by atoms with E-state index in [1.54, 1.807) is 0 Å². The zero-order chi connectivity index (χ0) is 13.7. The standard InChI is InChI=1S/C16H26N2O/c1-13(2)19-16-6-4-5-14(9-16)11-18-8-7-15(12-18)10-17-3/h4-6,9,13,15,17H,7-8,10-12H2,1-3H3. The van der Waals surface area contributed by atoms with Gasteiger partial charge in [-0.05, 0) is 64.0 Å². The molecule has 3 nitrogen and oxygen atoms in total. The minimum Gasteiger partial charge on any atom is -0.491 e. The van der Waals surface area contributed by atoms with E-state index in [1.165, 1.54) is 25.1 Å². The first kappa shape index (κ1) is 14.4. The van der Waals surface area contributed by atoms with E-state index < -0.39 is 0 Å². The van der Waals surface area contributed by atoms with Crippen molar-refractivity contribution in [3.63, 3.8) is 0 Å². The van der Waals surface area contributed by atoms with E-state index in [1.807, 2.05) is 13.1 Å². The minimum atomic E-state index is 0.238. The van der Waals surface area contributed by atoms with Crippen molar-refractivity contribution in [3.8, 4) is 5.75 Å². The van der Waals surface area contributed by atoms with Gasteiger partial charge in [-0.15, -0.1) is 0 Å². The van der Waals surface area contributed by atoms with Crippen LogP contribution in [0.3, 0.4) is 0 Å². The van der Waals surface area contributed by atoms with Crippen LogP contribution in [0.25, 0.3) is 0 Å². The van der Waals surface area contributed by atoms with E-state index in [4.69, 9.17) is 4.74 Å².